The van der Waals surface area contributed by atoms with Crippen LogP contribution >= 0.6 is 0 Å². The molecule has 0 aromatic carbocycles. The molecule has 0 bridgehead atoms. The van der Waals surface area contributed by atoms with Crippen molar-refractivity contribution in [3.05, 3.63) is 59.8 Å². The molecular formula is C23H32N8O. The molecule has 3 rings (SSSR count). The lowest BCUT2D eigenvalue weighted by Gasteiger charge is -2.35. The fourth-order valence-corrected chi connectivity index (χ4v) is 3.34. The third-order valence-corrected chi connectivity index (χ3v) is 5.25. The molecule has 1 fully saturated rings. The zero-order chi connectivity index (χ0) is 23.1. The first kappa shape index (κ1) is 23.2. The van der Waals surface area contributed by atoms with Crippen molar-refractivity contribution in [2.75, 3.05) is 31.5 Å². The maximum absolute atomic E-state index is 9.34. The molecule has 0 saturated carbocycles. The number of aromatic nitrogens is 2. The van der Waals surface area contributed by atoms with Gasteiger partial charge in [-0.3, -0.25) is 9.88 Å². The summed E-state index contributed by atoms with van der Waals surface area (Å²) in [5.74, 6) is 1.31. The van der Waals surface area contributed by atoms with Crippen LogP contribution in [0.4, 0.5) is 5.82 Å². The topological polar surface area (TPSA) is 149 Å². The number of aliphatic hydroxyl groups is 1. The number of fused-ring (bicyclic) bond motifs is 1. The summed E-state index contributed by atoms with van der Waals surface area (Å²) in [4.78, 5) is 11.3. The summed E-state index contributed by atoms with van der Waals surface area (Å²) in [5.41, 5.74) is 15.6. The van der Waals surface area contributed by atoms with E-state index in [9.17, 15) is 5.11 Å². The van der Waals surface area contributed by atoms with Crippen LogP contribution in [0.25, 0.3) is 16.6 Å². The zero-order valence-electron chi connectivity index (χ0n) is 18.5. The van der Waals surface area contributed by atoms with Crippen LogP contribution in [-0.4, -0.2) is 58.5 Å². The third-order valence-electron chi connectivity index (χ3n) is 5.25. The van der Waals surface area contributed by atoms with Crippen LogP contribution in [0, 0.1) is 11.3 Å². The van der Waals surface area contributed by atoms with Crippen molar-refractivity contribution in [2.45, 2.75) is 20.0 Å². The molecule has 32 heavy (non-hydrogen) atoms. The standard InChI is InChI=1S/C23H32N8O/c1-15(2)16(9-24)8-22(26)30-23-4-3-20-21(29-23)7-17(12-28-20)18(10-25)11-27-5-6-31-13-19(32)14-31/h3-4,7-12,15,19,25,27,32H,5-6,13-14,24,26H2,1-2H3,(H,29,30)/b16-9+,18-11+,22-8+,25-10?. The quantitative estimate of drug-likeness (QED) is 0.187. The number of pyridine rings is 2. The average molecular weight is 437 g/mol. The second-order valence-corrected chi connectivity index (χ2v) is 8.12. The predicted octanol–water partition coefficient (Wildman–Crippen LogP) is 1.60. The van der Waals surface area contributed by atoms with Gasteiger partial charge < -0.3 is 32.6 Å². The molecule has 0 aliphatic carbocycles. The normalized spacial score (nSPS) is 16.3. The number of nitrogens with one attached hydrogen (secondary N) is 3. The Kier molecular flexibility index (Phi) is 7.80. The minimum atomic E-state index is -0.196. The minimum absolute atomic E-state index is 0.196. The van der Waals surface area contributed by atoms with E-state index in [1.165, 1.54) is 6.21 Å². The molecule has 0 amide bonds. The van der Waals surface area contributed by atoms with Crippen LogP contribution in [0.5, 0.6) is 0 Å². The highest BCUT2D eigenvalue weighted by molar-refractivity contribution is 6.08. The molecule has 3 heterocycles. The molecule has 0 radical (unpaired) electrons. The number of rotatable bonds is 10. The number of allylic oxidation sites excluding steroid dienone is 3. The molecule has 0 unspecified atom stereocenters. The SMILES string of the molecule is CC(C)C(=C/N)/C=C(\N)Nc1ccc2ncc(/C(C=N)=C/NCCN3CC(O)C3)cc2n1. The molecule has 8 N–H and O–H groups in total. The summed E-state index contributed by atoms with van der Waals surface area (Å²) in [7, 11) is 0. The predicted molar refractivity (Wildman–Crippen MR) is 130 cm³/mol. The van der Waals surface area contributed by atoms with Crippen molar-refractivity contribution in [1.82, 2.24) is 20.2 Å². The smallest absolute Gasteiger partial charge is 0.132 e. The van der Waals surface area contributed by atoms with Gasteiger partial charge in [0.2, 0.25) is 0 Å². The lowest BCUT2D eigenvalue weighted by molar-refractivity contribution is 0.00363. The van der Waals surface area contributed by atoms with Crippen molar-refractivity contribution in [1.29, 1.82) is 5.41 Å². The van der Waals surface area contributed by atoms with E-state index in [0.717, 1.165) is 42.8 Å². The summed E-state index contributed by atoms with van der Waals surface area (Å²) in [6.45, 7) is 7.11. The Labute approximate surface area is 188 Å². The van der Waals surface area contributed by atoms with Crippen LogP contribution in [0.1, 0.15) is 19.4 Å². The van der Waals surface area contributed by atoms with Crippen LogP contribution in [-0.2, 0) is 0 Å². The second kappa shape index (κ2) is 10.7. The van der Waals surface area contributed by atoms with E-state index in [-0.39, 0.29) is 12.0 Å². The first-order valence-electron chi connectivity index (χ1n) is 10.7. The van der Waals surface area contributed by atoms with E-state index < -0.39 is 0 Å². The van der Waals surface area contributed by atoms with Gasteiger partial charge in [0.15, 0.2) is 0 Å². The zero-order valence-corrected chi connectivity index (χ0v) is 18.5. The van der Waals surface area contributed by atoms with Crippen molar-refractivity contribution in [3.63, 3.8) is 0 Å². The van der Waals surface area contributed by atoms with Gasteiger partial charge in [0, 0.05) is 55.9 Å². The molecule has 2 aromatic heterocycles. The van der Waals surface area contributed by atoms with E-state index in [0.29, 0.717) is 22.7 Å². The highest BCUT2D eigenvalue weighted by atomic mass is 16.3. The maximum Gasteiger partial charge on any atom is 0.132 e. The highest BCUT2D eigenvalue weighted by Gasteiger charge is 2.22. The highest BCUT2D eigenvalue weighted by Crippen LogP contribution is 2.19. The fraction of sp³-hybridized carbons (Fsp3) is 0.348. The van der Waals surface area contributed by atoms with Crippen LogP contribution in [0.2, 0.25) is 0 Å². The number of nitrogens with zero attached hydrogens (tertiary/aromatic N) is 3. The molecular weight excluding hydrogens is 404 g/mol. The number of anilines is 1. The Morgan fingerprint density at radius 3 is 2.78 bits per heavy atom. The van der Waals surface area contributed by atoms with E-state index in [2.05, 4.69) is 25.5 Å². The van der Waals surface area contributed by atoms with Gasteiger partial charge in [0.25, 0.3) is 0 Å². The number of hydrogen-bond donors (Lipinski definition) is 6. The molecule has 9 heteroatoms. The Morgan fingerprint density at radius 2 is 2.12 bits per heavy atom. The Balaban J connectivity index is 1.71. The maximum atomic E-state index is 9.34. The number of hydrogen-bond acceptors (Lipinski definition) is 9. The Bertz CT molecular complexity index is 1040. The van der Waals surface area contributed by atoms with Crippen LogP contribution in [0.15, 0.2) is 54.3 Å². The van der Waals surface area contributed by atoms with Crippen molar-refractivity contribution >= 4 is 28.6 Å². The van der Waals surface area contributed by atoms with E-state index in [1.54, 1.807) is 18.5 Å². The minimum Gasteiger partial charge on any atom is -0.404 e. The van der Waals surface area contributed by atoms with Crippen molar-refractivity contribution < 1.29 is 5.11 Å². The van der Waals surface area contributed by atoms with E-state index in [1.807, 2.05) is 38.2 Å². The molecule has 1 saturated heterocycles. The summed E-state index contributed by atoms with van der Waals surface area (Å²) in [6.07, 6.45) is 7.98. The molecule has 170 valence electrons. The summed E-state index contributed by atoms with van der Waals surface area (Å²) in [6, 6.07) is 5.59. The van der Waals surface area contributed by atoms with Gasteiger partial charge >= 0.3 is 0 Å². The van der Waals surface area contributed by atoms with Gasteiger partial charge in [-0.05, 0) is 42.0 Å². The number of nitrogens with two attached hydrogens (primary N) is 2. The van der Waals surface area contributed by atoms with Gasteiger partial charge in [0.05, 0.1) is 17.1 Å². The van der Waals surface area contributed by atoms with Gasteiger partial charge in [-0.25, -0.2) is 4.98 Å². The molecule has 0 atom stereocenters. The fourth-order valence-electron chi connectivity index (χ4n) is 3.34. The van der Waals surface area contributed by atoms with Gasteiger partial charge in [-0.15, -0.1) is 0 Å². The molecule has 9 nitrogen and oxygen atoms in total. The van der Waals surface area contributed by atoms with Gasteiger partial charge in [-0.1, -0.05) is 13.8 Å². The van der Waals surface area contributed by atoms with Crippen LogP contribution in [0.3, 0.4) is 0 Å². The summed E-state index contributed by atoms with van der Waals surface area (Å²) < 4.78 is 0. The third kappa shape index (κ3) is 6.05. The largest absolute Gasteiger partial charge is 0.404 e. The molecule has 2 aromatic rings. The van der Waals surface area contributed by atoms with E-state index in [4.69, 9.17) is 16.9 Å². The lowest BCUT2D eigenvalue weighted by Crippen LogP contribution is -2.52. The monoisotopic (exact) mass is 436 g/mol. The van der Waals surface area contributed by atoms with Crippen molar-refractivity contribution in [2.24, 2.45) is 17.4 Å². The Morgan fingerprint density at radius 1 is 1.34 bits per heavy atom. The first-order valence-corrected chi connectivity index (χ1v) is 10.7. The van der Waals surface area contributed by atoms with E-state index >= 15 is 0 Å². The Hall–Kier alpha value is -3.43. The lowest BCUT2D eigenvalue weighted by atomic mass is 10.0. The number of likely N-dealkylation sites (tertiary alicyclic amines) is 1. The average Bonchev–Trinajstić information content (AvgIpc) is 2.75. The molecule has 1 aliphatic rings. The summed E-state index contributed by atoms with van der Waals surface area (Å²) in [5, 5.41) is 23.4. The van der Waals surface area contributed by atoms with Gasteiger partial charge in [0.1, 0.15) is 11.6 Å². The molecule has 1 aliphatic heterocycles. The summed E-state index contributed by atoms with van der Waals surface area (Å²) >= 11 is 0. The molecule has 0 spiro atoms. The first-order chi connectivity index (χ1) is 15.4. The van der Waals surface area contributed by atoms with Gasteiger partial charge in [-0.2, -0.15) is 0 Å². The number of aliphatic hydroxyl groups excluding tert-OH is 1. The van der Waals surface area contributed by atoms with Crippen LogP contribution < -0.4 is 22.1 Å². The van der Waals surface area contributed by atoms with Crippen molar-refractivity contribution in [3.8, 4) is 0 Å². The number of β-amino-alcohol motifs (C(OH)–C–C–N with tert-alkyl or cyclic N) is 1. The second-order valence-electron chi connectivity index (χ2n) is 8.12.